The van der Waals surface area contributed by atoms with Gasteiger partial charge in [0.15, 0.2) is 0 Å². The van der Waals surface area contributed by atoms with Crippen LogP contribution in [-0.4, -0.2) is 57.9 Å². The van der Waals surface area contributed by atoms with E-state index in [0.717, 1.165) is 30.6 Å². The standard InChI is InChI=1S/C17H26N2O4S.ClH/c1-22-17-8-3-2-7-15(17)16-12-18-9-10-19(16)24(20,21)13-14-6-4-5-11-23-14;/h2-3,7-8,14,16,18H,4-6,9-13H2,1H3;1H. The van der Waals surface area contributed by atoms with Crippen molar-refractivity contribution in [1.29, 1.82) is 0 Å². The van der Waals surface area contributed by atoms with Gasteiger partial charge in [0.25, 0.3) is 0 Å². The minimum absolute atomic E-state index is 0. The molecule has 142 valence electrons. The van der Waals surface area contributed by atoms with Crippen LogP contribution in [0.25, 0.3) is 0 Å². The zero-order valence-electron chi connectivity index (χ0n) is 14.5. The number of hydrogen-bond acceptors (Lipinski definition) is 5. The van der Waals surface area contributed by atoms with Crippen molar-refractivity contribution < 1.29 is 17.9 Å². The Labute approximate surface area is 156 Å². The summed E-state index contributed by atoms with van der Waals surface area (Å²) in [7, 11) is -1.78. The van der Waals surface area contributed by atoms with E-state index in [1.165, 1.54) is 0 Å². The van der Waals surface area contributed by atoms with Gasteiger partial charge >= 0.3 is 0 Å². The number of nitrogens with one attached hydrogen (secondary N) is 1. The number of rotatable bonds is 5. The van der Waals surface area contributed by atoms with Crippen LogP contribution in [0.5, 0.6) is 5.75 Å². The molecule has 2 aliphatic rings. The molecule has 1 aromatic rings. The second kappa shape index (κ2) is 9.19. The third-order valence-electron chi connectivity index (χ3n) is 4.72. The van der Waals surface area contributed by atoms with Crippen LogP contribution < -0.4 is 10.1 Å². The van der Waals surface area contributed by atoms with Crippen LogP contribution in [-0.2, 0) is 14.8 Å². The number of piperazine rings is 1. The summed E-state index contributed by atoms with van der Waals surface area (Å²) in [4.78, 5) is 0. The van der Waals surface area contributed by atoms with Gasteiger partial charge in [0.2, 0.25) is 10.0 Å². The number of benzene rings is 1. The zero-order valence-corrected chi connectivity index (χ0v) is 16.2. The molecule has 0 amide bonds. The minimum atomic E-state index is -3.39. The van der Waals surface area contributed by atoms with E-state index in [2.05, 4.69) is 5.32 Å². The summed E-state index contributed by atoms with van der Waals surface area (Å²) in [6, 6.07) is 7.38. The summed E-state index contributed by atoms with van der Waals surface area (Å²) in [5.41, 5.74) is 0.903. The van der Waals surface area contributed by atoms with Crippen LogP contribution in [0.2, 0.25) is 0 Å². The van der Waals surface area contributed by atoms with E-state index in [1.54, 1.807) is 11.4 Å². The molecule has 25 heavy (non-hydrogen) atoms. The van der Waals surface area contributed by atoms with Crippen molar-refractivity contribution in [2.75, 3.05) is 39.1 Å². The van der Waals surface area contributed by atoms with Crippen LogP contribution in [0.4, 0.5) is 0 Å². The molecular formula is C17H27ClN2O4S. The molecule has 1 aromatic carbocycles. The molecule has 3 rings (SSSR count). The Hall–Kier alpha value is -0.860. The molecule has 2 saturated heterocycles. The predicted molar refractivity (Wildman–Crippen MR) is 99.9 cm³/mol. The number of methoxy groups -OCH3 is 1. The highest BCUT2D eigenvalue weighted by Gasteiger charge is 2.36. The van der Waals surface area contributed by atoms with Gasteiger partial charge in [-0.15, -0.1) is 12.4 Å². The average Bonchev–Trinajstić information content (AvgIpc) is 2.62. The first-order valence-corrected chi connectivity index (χ1v) is 10.2. The lowest BCUT2D eigenvalue weighted by molar-refractivity contribution is 0.0296. The van der Waals surface area contributed by atoms with Gasteiger partial charge in [0, 0.05) is 31.8 Å². The molecule has 8 heteroatoms. The monoisotopic (exact) mass is 390 g/mol. The van der Waals surface area contributed by atoms with Crippen LogP contribution in [0.3, 0.4) is 0 Å². The average molecular weight is 391 g/mol. The van der Waals surface area contributed by atoms with E-state index in [9.17, 15) is 8.42 Å². The Bertz CT molecular complexity index is 650. The van der Waals surface area contributed by atoms with E-state index in [-0.39, 0.29) is 30.3 Å². The van der Waals surface area contributed by atoms with Gasteiger partial charge in [-0.2, -0.15) is 4.31 Å². The molecule has 0 aliphatic carbocycles. The molecule has 1 N–H and O–H groups in total. The summed E-state index contributed by atoms with van der Waals surface area (Å²) in [5, 5.41) is 3.30. The maximum atomic E-state index is 13.0. The fraction of sp³-hybridized carbons (Fsp3) is 0.647. The van der Waals surface area contributed by atoms with Crippen molar-refractivity contribution in [2.24, 2.45) is 0 Å². The second-order valence-corrected chi connectivity index (χ2v) is 8.31. The van der Waals surface area contributed by atoms with E-state index >= 15 is 0 Å². The van der Waals surface area contributed by atoms with Gasteiger partial charge in [-0.1, -0.05) is 18.2 Å². The van der Waals surface area contributed by atoms with Gasteiger partial charge in [-0.05, 0) is 25.3 Å². The Balaban J connectivity index is 0.00000225. The molecule has 2 unspecified atom stereocenters. The Morgan fingerprint density at radius 3 is 2.84 bits per heavy atom. The van der Waals surface area contributed by atoms with E-state index in [1.807, 2.05) is 24.3 Å². The highest BCUT2D eigenvalue weighted by atomic mass is 35.5. The predicted octanol–water partition coefficient (Wildman–Crippen LogP) is 1.96. The molecule has 2 aliphatic heterocycles. The number of hydrogen-bond donors (Lipinski definition) is 1. The third kappa shape index (κ3) is 4.86. The van der Waals surface area contributed by atoms with Crippen LogP contribution in [0.15, 0.2) is 24.3 Å². The Kier molecular flexibility index (Phi) is 7.51. The van der Waals surface area contributed by atoms with Crippen molar-refractivity contribution in [3.05, 3.63) is 29.8 Å². The van der Waals surface area contributed by atoms with Crippen LogP contribution in [0.1, 0.15) is 30.9 Å². The number of sulfonamides is 1. The summed E-state index contributed by atoms with van der Waals surface area (Å²) in [6.45, 7) is 2.39. The highest BCUT2D eigenvalue weighted by molar-refractivity contribution is 7.89. The maximum absolute atomic E-state index is 13.0. The Morgan fingerprint density at radius 1 is 1.32 bits per heavy atom. The molecule has 0 aromatic heterocycles. The van der Waals surface area contributed by atoms with Crippen molar-refractivity contribution >= 4 is 22.4 Å². The number of nitrogens with zero attached hydrogens (tertiary/aromatic N) is 1. The van der Waals surface area contributed by atoms with Crippen LogP contribution >= 0.6 is 12.4 Å². The molecule has 0 radical (unpaired) electrons. The van der Waals surface area contributed by atoms with Gasteiger partial charge < -0.3 is 14.8 Å². The minimum Gasteiger partial charge on any atom is -0.496 e. The topological polar surface area (TPSA) is 67.9 Å². The van der Waals surface area contributed by atoms with Crippen molar-refractivity contribution in [2.45, 2.75) is 31.4 Å². The largest absolute Gasteiger partial charge is 0.496 e. The van der Waals surface area contributed by atoms with Gasteiger partial charge in [0.05, 0.1) is 25.0 Å². The van der Waals surface area contributed by atoms with Crippen molar-refractivity contribution in [3.8, 4) is 5.75 Å². The highest BCUT2D eigenvalue weighted by Crippen LogP contribution is 2.32. The van der Waals surface area contributed by atoms with Crippen molar-refractivity contribution in [3.63, 3.8) is 0 Å². The molecule has 0 spiro atoms. The Morgan fingerprint density at radius 2 is 2.12 bits per heavy atom. The van der Waals surface area contributed by atoms with Crippen LogP contribution in [0, 0.1) is 0 Å². The number of para-hydroxylation sites is 1. The van der Waals surface area contributed by atoms with E-state index in [0.29, 0.717) is 26.2 Å². The third-order valence-corrected chi connectivity index (χ3v) is 6.66. The fourth-order valence-corrected chi connectivity index (χ4v) is 5.36. The fourth-order valence-electron chi connectivity index (χ4n) is 3.49. The summed E-state index contributed by atoms with van der Waals surface area (Å²) in [5.74, 6) is 0.791. The normalized spacial score (nSPS) is 25.2. The molecule has 0 saturated carbocycles. The first kappa shape index (κ1) is 20.5. The van der Waals surface area contributed by atoms with E-state index < -0.39 is 10.0 Å². The van der Waals surface area contributed by atoms with E-state index in [4.69, 9.17) is 9.47 Å². The molecule has 6 nitrogen and oxygen atoms in total. The molecule has 2 heterocycles. The lowest BCUT2D eigenvalue weighted by Crippen LogP contribution is -2.50. The lowest BCUT2D eigenvalue weighted by atomic mass is 10.0. The quantitative estimate of drug-likeness (QED) is 0.832. The van der Waals surface area contributed by atoms with Gasteiger partial charge in [0.1, 0.15) is 5.75 Å². The van der Waals surface area contributed by atoms with Gasteiger partial charge in [-0.3, -0.25) is 0 Å². The first-order chi connectivity index (χ1) is 11.6. The summed E-state index contributed by atoms with van der Waals surface area (Å²) in [6.07, 6.45) is 2.70. The summed E-state index contributed by atoms with van der Waals surface area (Å²) >= 11 is 0. The molecule has 2 atom stereocenters. The number of ether oxygens (including phenoxy) is 2. The molecular weight excluding hydrogens is 364 g/mol. The van der Waals surface area contributed by atoms with Gasteiger partial charge in [-0.25, -0.2) is 8.42 Å². The first-order valence-electron chi connectivity index (χ1n) is 8.56. The second-order valence-electron chi connectivity index (χ2n) is 6.34. The SMILES string of the molecule is COc1ccccc1C1CNCCN1S(=O)(=O)CC1CCCCO1.Cl. The molecule has 0 bridgehead atoms. The van der Waals surface area contributed by atoms with Crippen molar-refractivity contribution in [1.82, 2.24) is 9.62 Å². The summed E-state index contributed by atoms with van der Waals surface area (Å²) < 4.78 is 38.7. The zero-order chi connectivity index (χ0) is 17.0. The lowest BCUT2D eigenvalue weighted by Gasteiger charge is -2.37. The molecule has 2 fully saturated rings. The smallest absolute Gasteiger partial charge is 0.217 e. The number of halogens is 1. The maximum Gasteiger partial charge on any atom is 0.217 e.